The van der Waals surface area contributed by atoms with E-state index in [0.717, 1.165) is 18.8 Å². The maximum Gasteiger partial charge on any atom is 0.134 e. The van der Waals surface area contributed by atoms with Gasteiger partial charge in [-0.2, -0.15) is 0 Å². The molecule has 4 heteroatoms. The van der Waals surface area contributed by atoms with Gasteiger partial charge in [-0.25, -0.2) is 0 Å². The van der Waals surface area contributed by atoms with Gasteiger partial charge in [0.2, 0.25) is 0 Å². The molecule has 0 spiro atoms. The average Bonchev–Trinajstić information content (AvgIpc) is 2.32. The first kappa shape index (κ1) is 15.3. The number of hydrogen-bond donors (Lipinski definition) is 1. The Morgan fingerprint density at radius 1 is 1.17 bits per heavy atom. The van der Waals surface area contributed by atoms with Crippen molar-refractivity contribution < 1.29 is 9.47 Å². The summed E-state index contributed by atoms with van der Waals surface area (Å²) in [5, 5.41) is 4.08. The zero-order chi connectivity index (χ0) is 13.4. The Kier molecular flexibility index (Phi) is 7.09. The van der Waals surface area contributed by atoms with E-state index in [2.05, 4.69) is 19.2 Å². The summed E-state index contributed by atoms with van der Waals surface area (Å²) in [4.78, 5) is 0. The molecule has 1 rings (SSSR count). The first-order chi connectivity index (χ1) is 8.61. The van der Waals surface area contributed by atoms with Crippen molar-refractivity contribution in [2.75, 3.05) is 26.8 Å². The summed E-state index contributed by atoms with van der Waals surface area (Å²) in [6.07, 6.45) is 0.00919. The van der Waals surface area contributed by atoms with Crippen molar-refractivity contribution in [3.8, 4) is 5.75 Å². The molecule has 0 saturated carbocycles. The number of ether oxygens (including phenoxy) is 2. The Bertz CT molecular complexity index is 327. The number of halogens is 1. The molecule has 0 aliphatic rings. The summed E-state index contributed by atoms with van der Waals surface area (Å²) in [5.41, 5.74) is 0. The van der Waals surface area contributed by atoms with Crippen molar-refractivity contribution >= 4 is 11.6 Å². The highest BCUT2D eigenvalue weighted by Crippen LogP contribution is 2.16. The fraction of sp³-hybridized carbons (Fsp3) is 0.571. The molecule has 1 N–H and O–H groups in total. The van der Waals surface area contributed by atoms with Gasteiger partial charge in [0.1, 0.15) is 11.9 Å². The van der Waals surface area contributed by atoms with Crippen molar-refractivity contribution in [1.29, 1.82) is 0 Å². The number of nitrogens with one attached hydrogen (secondary N) is 1. The van der Waals surface area contributed by atoms with Crippen LogP contribution in [0.15, 0.2) is 24.3 Å². The minimum Gasteiger partial charge on any atom is -0.487 e. The Morgan fingerprint density at radius 3 is 2.39 bits per heavy atom. The molecular weight excluding hydrogens is 250 g/mol. The van der Waals surface area contributed by atoms with Crippen molar-refractivity contribution in [2.45, 2.75) is 20.0 Å². The van der Waals surface area contributed by atoms with Crippen molar-refractivity contribution in [2.24, 2.45) is 5.92 Å². The van der Waals surface area contributed by atoms with Crippen molar-refractivity contribution in [1.82, 2.24) is 5.32 Å². The van der Waals surface area contributed by atoms with Crippen LogP contribution in [0.25, 0.3) is 0 Å². The normalized spacial score (nSPS) is 12.7. The molecule has 102 valence electrons. The van der Waals surface area contributed by atoms with Crippen LogP contribution in [0.4, 0.5) is 0 Å². The Morgan fingerprint density at radius 2 is 1.83 bits per heavy atom. The molecule has 1 aromatic rings. The average molecular weight is 272 g/mol. The van der Waals surface area contributed by atoms with Crippen LogP contribution in [0.5, 0.6) is 5.75 Å². The van der Waals surface area contributed by atoms with Crippen LogP contribution in [0.3, 0.4) is 0 Å². The van der Waals surface area contributed by atoms with E-state index in [9.17, 15) is 0 Å². The minimum atomic E-state index is 0.00919. The van der Waals surface area contributed by atoms with Gasteiger partial charge in [-0.15, -0.1) is 0 Å². The lowest BCUT2D eigenvalue weighted by Gasteiger charge is -2.19. The van der Waals surface area contributed by atoms with E-state index < -0.39 is 0 Å². The van der Waals surface area contributed by atoms with Gasteiger partial charge in [0.25, 0.3) is 0 Å². The molecule has 0 saturated heterocycles. The molecule has 0 amide bonds. The molecule has 0 fully saturated rings. The maximum absolute atomic E-state index is 5.85. The molecule has 0 aliphatic heterocycles. The molecular formula is C14H22ClNO2. The molecule has 3 nitrogen and oxygen atoms in total. The highest BCUT2D eigenvalue weighted by molar-refractivity contribution is 6.30. The SMILES string of the molecule is COCC(CNCC(C)C)Oc1ccc(Cl)cc1. The summed E-state index contributed by atoms with van der Waals surface area (Å²) < 4.78 is 11.0. The molecule has 0 bridgehead atoms. The zero-order valence-corrected chi connectivity index (χ0v) is 12.0. The first-order valence-electron chi connectivity index (χ1n) is 6.23. The van der Waals surface area contributed by atoms with Crippen LogP contribution < -0.4 is 10.1 Å². The molecule has 0 heterocycles. The molecule has 1 aromatic carbocycles. The third-order valence-electron chi connectivity index (χ3n) is 2.39. The van der Waals surface area contributed by atoms with Gasteiger partial charge in [-0.05, 0) is 36.7 Å². The summed E-state index contributed by atoms with van der Waals surface area (Å²) in [7, 11) is 1.68. The number of methoxy groups -OCH3 is 1. The fourth-order valence-corrected chi connectivity index (χ4v) is 1.69. The van der Waals surface area contributed by atoms with Crippen LogP contribution in [-0.4, -0.2) is 32.9 Å². The van der Waals surface area contributed by atoms with Crippen LogP contribution in [-0.2, 0) is 4.74 Å². The lowest BCUT2D eigenvalue weighted by atomic mass is 10.2. The molecule has 18 heavy (non-hydrogen) atoms. The van der Waals surface area contributed by atoms with Gasteiger partial charge >= 0.3 is 0 Å². The fourth-order valence-electron chi connectivity index (χ4n) is 1.56. The van der Waals surface area contributed by atoms with Gasteiger partial charge in [0, 0.05) is 18.7 Å². The third-order valence-corrected chi connectivity index (χ3v) is 2.65. The van der Waals surface area contributed by atoms with E-state index in [1.165, 1.54) is 0 Å². The van der Waals surface area contributed by atoms with Crippen molar-refractivity contribution in [3.63, 3.8) is 0 Å². The molecule has 0 radical (unpaired) electrons. The van der Waals surface area contributed by atoms with Gasteiger partial charge < -0.3 is 14.8 Å². The first-order valence-corrected chi connectivity index (χ1v) is 6.61. The summed E-state index contributed by atoms with van der Waals surface area (Å²) in [6.45, 7) is 6.67. The largest absolute Gasteiger partial charge is 0.487 e. The smallest absolute Gasteiger partial charge is 0.134 e. The Balaban J connectivity index is 2.43. The Labute approximate surface area is 114 Å². The molecule has 1 unspecified atom stereocenters. The van der Waals surface area contributed by atoms with Crippen LogP contribution in [0.2, 0.25) is 5.02 Å². The van der Waals surface area contributed by atoms with Gasteiger partial charge in [0.15, 0.2) is 0 Å². The monoisotopic (exact) mass is 271 g/mol. The van der Waals surface area contributed by atoms with Crippen molar-refractivity contribution in [3.05, 3.63) is 29.3 Å². The Hall–Kier alpha value is -0.770. The quantitative estimate of drug-likeness (QED) is 0.789. The van der Waals surface area contributed by atoms with E-state index in [0.29, 0.717) is 17.5 Å². The van der Waals surface area contributed by atoms with Crippen LogP contribution >= 0.6 is 11.6 Å². The van der Waals surface area contributed by atoms with Crippen LogP contribution in [0.1, 0.15) is 13.8 Å². The molecule has 1 atom stereocenters. The summed E-state index contributed by atoms with van der Waals surface area (Å²) >= 11 is 5.84. The highest BCUT2D eigenvalue weighted by Gasteiger charge is 2.10. The number of rotatable bonds is 8. The summed E-state index contributed by atoms with van der Waals surface area (Å²) in [6, 6.07) is 7.38. The van der Waals surface area contributed by atoms with Crippen LogP contribution in [0, 0.1) is 5.92 Å². The number of benzene rings is 1. The van der Waals surface area contributed by atoms with E-state index in [1.807, 2.05) is 24.3 Å². The van der Waals surface area contributed by atoms with E-state index in [-0.39, 0.29) is 6.10 Å². The third kappa shape index (κ3) is 6.24. The predicted molar refractivity (Wildman–Crippen MR) is 75.5 cm³/mol. The minimum absolute atomic E-state index is 0.00919. The second-order valence-electron chi connectivity index (χ2n) is 4.70. The van der Waals surface area contributed by atoms with E-state index >= 15 is 0 Å². The van der Waals surface area contributed by atoms with E-state index in [4.69, 9.17) is 21.1 Å². The second kappa shape index (κ2) is 8.35. The van der Waals surface area contributed by atoms with Gasteiger partial charge in [0.05, 0.1) is 6.61 Å². The second-order valence-corrected chi connectivity index (χ2v) is 5.14. The molecule has 0 aliphatic carbocycles. The van der Waals surface area contributed by atoms with E-state index in [1.54, 1.807) is 7.11 Å². The maximum atomic E-state index is 5.85. The molecule has 0 aromatic heterocycles. The lowest BCUT2D eigenvalue weighted by molar-refractivity contribution is 0.0802. The lowest BCUT2D eigenvalue weighted by Crippen LogP contribution is -2.36. The topological polar surface area (TPSA) is 30.5 Å². The van der Waals surface area contributed by atoms with Gasteiger partial charge in [-0.1, -0.05) is 25.4 Å². The highest BCUT2D eigenvalue weighted by atomic mass is 35.5. The summed E-state index contributed by atoms with van der Waals surface area (Å²) in [5.74, 6) is 1.44. The number of hydrogen-bond acceptors (Lipinski definition) is 3. The zero-order valence-electron chi connectivity index (χ0n) is 11.3. The predicted octanol–water partition coefficient (Wildman–Crippen LogP) is 2.98. The standard InChI is InChI=1S/C14H22ClNO2/c1-11(2)8-16-9-14(10-17-3)18-13-6-4-12(15)5-7-13/h4-7,11,14,16H,8-10H2,1-3H3. The van der Waals surface area contributed by atoms with Gasteiger partial charge in [-0.3, -0.25) is 0 Å².